The fourth-order valence-corrected chi connectivity index (χ4v) is 1.72. The lowest BCUT2D eigenvalue weighted by Crippen LogP contribution is -2.43. The van der Waals surface area contributed by atoms with Crippen molar-refractivity contribution in [3.8, 4) is 0 Å². The summed E-state index contributed by atoms with van der Waals surface area (Å²) >= 11 is 0. The molecule has 18 heavy (non-hydrogen) atoms. The fourth-order valence-electron chi connectivity index (χ4n) is 1.72. The maximum absolute atomic E-state index is 11.8. The first-order valence-corrected chi connectivity index (χ1v) is 6.39. The standard InChI is InChI=1S/C13H26N2O3/c1-9(2)5-10(6-11(16)17)7-15-12(18)13(3,4)8-14/h9-10H,5-8,14H2,1-4H3,(H,15,18)(H,16,17). The van der Waals surface area contributed by atoms with Gasteiger partial charge in [0.15, 0.2) is 0 Å². The number of aliphatic carboxylic acids is 1. The van der Waals surface area contributed by atoms with E-state index in [-0.39, 0.29) is 24.8 Å². The molecular formula is C13H26N2O3. The van der Waals surface area contributed by atoms with E-state index in [1.807, 2.05) is 13.8 Å². The van der Waals surface area contributed by atoms with Gasteiger partial charge in [-0.2, -0.15) is 0 Å². The molecule has 4 N–H and O–H groups in total. The number of nitrogens with one attached hydrogen (secondary N) is 1. The minimum Gasteiger partial charge on any atom is -0.481 e. The summed E-state index contributed by atoms with van der Waals surface area (Å²) in [5.74, 6) is -0.564. The van der Waals surface area contributed by atoms with E-state index in [2.05, 4.69) is 5.32 Å². The van der Waals surface area contributed by atoms with E-state index in [4.69, 9.17) is 10.8 Å². The average Bonchev–Trinajstić information content (AvgIpc) is 2.23. The van der Waals surface area contributed by atoms with E-state index < -0.39 is 11.4 Å². The van der Waals surface area contributed by atoms with Crippen LogP contribution in [0.2, 0.25) is 0 Å². The summed E-state index contributed by atoms with van der Waals surface area (Å²) in [5, 5.41) is 11.6. The van der Waals surface area contributed by atoms with Gasteiger partial charge in [0.05, 0.1) is 5.41 Å². The molecule has 106 valence electrons. The van der Waals surface area contributed by atoms with Gasteiger partial charge in [0.2, 0.25) is 5.91 Å². The zero-order valence-corrected chi connectivity index (χ0v) is 11.8. The van der Waals surface area contributed by atoms with Crippen LogP contribution < -0.4 is 11.1 Å². The third kappa shape index (κ3) is 6.59. The fraction of sp³-hybridized carbons (Fsp3) is 0.846. The molecule has 0 saturated carbocycles. The monoisotopic (exact) mass is 258 g/mol. The molecule has 5 heteroatoms. The van der Waals surface area contributed by atoms with Crippen LogP contribution >= 0.6 is 0 Å². The topological polar surface area (TPSA) is 92.4 Å². The van der Waals surface area contributed by atoms with Crippen molar-refractivity contribution in [3.05, 3.63) is 0 Å². The number of hydrogen-bond acceptors (Lipinski definition) is 3. The lowest BCUT2D eigenvalue weighted by atomic mass is 9.91. The summed E-state index contributed by atoms with van der Waals surface area (Å²) < 4.78 is 0. The maximum Gasteiger partial charge on any atom is 0.303 e. The van der Waals surface area contributed by atoms with E-state index in [9.17, 15) is 9.59 Å². The summed E-state index contributed by atoms with van der Waals surface area (Å²) in [6.45, 7) is 8.30. The highest BCUT2D eigenvalue weighted by Crippen LogP contribution is 2.16. The molecule has 1 atom stereocenters. The van der Waals surface area contributed by atoms with Crippen molar-refractivity contribution < 1.29 is 14.7 Å². The van der Waals surface area contributed by atoms with Gasteiger partial charge >= 0.3 is 5.97 Å². The molecule has 1 amide bonds. The SMILES string of the molecule is CC(C)CC(CNC(=O)C(C)(C)CN)CC(=O)O. The van der Waals surface area contributed by atoms with Gasteiger partial charge < -0.3 is 16.2 Å². The first-order chi connectivity index (χ1) is 8.19. The van der Waals surface area contributed by atoms with Crippen molar-refractivity contribution in [2.24, 2.45) is 23.0 Å². The number of amides is 1. The number of rotatable bonds is 8. The second kappa shape index (κ2) is 7.36. The molecule has 0 bridgehead atoms. The van der Waals surface area contributed by atoms with Crippen molar-refractivity contribution in [1.82, 2.24) is 5.32 Å². The third-order valence-corrected chi connectivity index (χ3v) is 2.94. The highest BCUT2D eigenvalue weighted by atomic mass is 16.4. The molecule has 1 unspecified atom stereocenters. The smallest absolute Gasteiger partial charge is 0.303 e. The first kappa shape index (κ1) is 16.9. The summed E-state index contributed by atoms with van der Waals surface area (Å²) in [7, 11) is 0. The molecule has 0 spiro atoms. The lowest BCUT2D eigenvalue weighted by Gasteiger charge is -2.24. The number of carboxylic acids is 1. The molecule has 0 heterocycles. The van der Waals surface area contributed by atoms with Crippen LogP contribution in [-0.2, 0) is 9.59 Å². The minimum atomic E-state index is -0.826. The average molecular weight is 258 g/mol. The van der Waals surface area contributed by atoms with E-state index in [1.54, 1.807) is 13.8 Å². The Kier molecular flexibility index (Phi) is 6.91. The van der Waals surface area contributed by atoms with Crippen LogP contribution in [0.15, 0.2) is 0 Å². The van der Waals surface area contributed by atoms with Crippen LogP contribution in [0.4, 0.5) is 0 Å². The molecule has 0 rings (SSSR count). The van der Waals surface area contributed by atoms with E-state index in [1.165, 1.54) is 0 Å². The molecular weight excluding hydrogens is 232 g/mol. The Morgan fingerprint density at radius 1 is 1.33 bits per heavy atom. The normalized spacial score (nSPS) is 13.4. The second-order valence-electron chi connectivity index (χ2n) is 5.89. The number of hydrogen-bond donors (Lipinski definition) is 3. The van der Waals surface area contributed by atoms with Crippen LogP contribution in [-0.4, -0.2) is 30.1 Å². The van der Waals surface area contributed by atoms with Gasteiger partial charge in [-0.05, 0) is 32.1 Å². The summed E-state index contributed by atoms with van der Waals surface area (Å²) in [4.78, 5) is 22.6. The maximum atomic E-state index is 11.8. The Hall–Kier alpha value is -1.10. The Labute approximate surface area is 109 Å². The Bertz CT molecular complexity index is 288. The number of carbonyl (C=O) groups is 2. The quantitative estimate of drug-likeness (QED) is 0.610. The molecule has 0 aliphatic heterocycles. The van der Waals surface area contributed by atoms with Gasteiger partial charge in [0.25, 0.3) is 0 Å². The van der Waals surface area contributed by atoms with E-state index in [0.29, 0.717) is 12.5 Å². The van der Waals surface area contributed by atoms with Crippen LogP contribution in [0.1, 0.15) is 40.5 Å². The predicted octanol–water partition coefficient (Wildman–Crippen LogP) is 1.22. The Morgan fingerprint density at radius 2 is 1.89 bits per heavy atom. The molecule has 0 radical (unpaired) electrons. The number of nitrogens with two attached hydrogens (primary N) is 1. The van der Waals surface area contributed by atoms with Gasteiger partial charge in [-0.25, -0.2) is 0 Å². The van der Waals surface area contributed by atoms with Gasteiger partial charge in [-0.15, -0.1) is 0 Å². The molecule has 0 saturated heterocycles. The van der Waals surface area contributed by atoms with Crippen LogP contribution in [0, 0.1) is 17.3 Å². The number of carboxylic acid groups (broad SMARTS) is 1. The lowest BCUT2D eigenvalue weighted by molar-refractivity contribution is -0.138. The molecule has 0 aliphatic carbocycles. The van der Waals surface area contributed by atoms with Crippen molar-refractivity contribution in [2.75, 3.05) is 13.1 Å². The first-order valence-electron chi connectivity index (χ1n) is 6.39. The van der Waals surface area contributed by atoms with Crippen molar-refractivity contribution in [3.63, 3.8) is 0 Å². The van der Waals surface area contributed by atoms with Crippen LogP contribution in [0.5, 0.6) is 0 Å². The largest absolute Gasteiger partial charge is 0.481 e. The van der Waals surface area contributed by atoms with E-state index in [0.717, 1.165) is 6.42 Å². The van der Waals surface area contributed by atoms with Crippen LogP contribution in [0.25, 0.3) is 0 Å². The van der Waals surface area contributed by atoms with Crippen LogP contribution in [0.3, 0.4) is 0 Å². The Morgan fingerprint density at radius 3 is 2.28 bits per heavy atom. The Balaban J connectivity index is 4.34. The van der Waals surface area contributed by atoms with Crippen molar-refractivity contribution in [1.29, 1.82) is 0 Å². The summed E-state index contributed by atoms with van der Waals surface area (Å²) in [6.07, 6.45) is 0.872. The summed E-state index contributed by atoms with van der Waals surface area (Å²) in [5.41, 5.74) is 4.91. The highest BCUT2D eigenvalue weighted by molar-refractivity contribution is 5.82. The van der Waals surface area contributed by atoms with Crippen molar-refractivity contribution >= 4 is 11.9 Å². The zero-order valence-electron chi connectivity index (χ0n) is 11.8. The van der Waals surface area contributed by atoms with Gasteiger partial charge in [0, 0.05) is 19.5 Å². The zero-order chi connectivity index (χ0) is 14.3. The predicted molar refractivity (Wildman–Crippen MR) is 71.0 cm³/mol. The molecule has 0 aromatic carbocycles. The van der Waals surface area contributed by atoms with E-state index >= 15 is 0 Å². The van der Waals surface area contributed by atoms with Gasteiger partial charge in [-0.1, -0.05) is 13.8 Å². The van der Waals surface area contributed by atoms with Crippen molar-refractivity contribution in [2.45, 2.75) is 40.5 Å². The third-order valence-electron chi connectivity index (χ3n) is 2.94. The number of carbonyl (C=O) groups excluding carboxylic acids is 1. The molecule has 0 aliphatic rings. The molecule has 0 aromatic rings. The van der Waals surface area contributed by atoms with Gasteiger partial charge in [0.1, 0.15) is 0 Å². The highest BCUT2D eigenvalue weighted by Gasteiger charge is 2.26. The van der Waals surface area contributed by atoms with Gasteiger partial charge in [-0.3, -0.25) is 9.59 Å². The summed E-state index contributed by atoms with van der Waals surface area (Å²) in [6, 6.07) is 0. The second-order valence-corrected chi connectivity index (χ2v) is 5.89. The molecule has 0 aromatic heterocycles. The molecule has 0 fully saturated rings. The molecule has 5 nitrogen and oxygen atoms in total. The minimum absolute atomic E-state index is 0.0278.